The van der Waals surface area contributed by atoms with E-state index in [9.17, 15) is 0 Å². The van der Waals surface area contributed by atoms with Gasteiger partial charge < -0.3 is 14.2 Å². The third kappa shape index (κ3) is 1.91. The fourth-order valence-electron chi connectivity index (χ4n) is 2.46. The van der Waals surface area contributed by atoms with Crippen LogP contribution in [0.5, 0.6) is 5.75 Å². The first kappa shape index (κ1) is 10.7. The minimum absolute atomic E-state index is 0.125. The smallest absolute Gasteiger partial charge is 0.199 e. The largest absolute Gasteiger partial charge is 0.489 e. The van der Waals surface area contributed by atoms with Crippen LogP contribution in [0.4, 0.5) is 0 Å². The number of fused-ring (bicyclic) bond motifs is 3. The molecule has 2 aliphatic heterocycles. The van der Waals surface area contributed by atoms with Gasteiger partial charge in [0.2, 0.25) is 0 Å². The molecule has 0 aromatic heterocycles. The Bertz CT molecular complexity index is 439. The standard InChI is InChI=1S/C14H16O3/c1-2-15-14-7-12-10(9-17-14)8-16-13-6-4-3-5-11(12)13/h3-6,9,12,14H,2,7-8H2,1H3. The topological polar surface area (TPSA) is 27.7 Å². The van der Waals surface area contributed by atoms with Crippen LogP contribution < -0.4 is 4.74 Å². The van der Waals surface area contributed by atoms with Gasteiger partial charge >= 0.3 is 0 Å². The summed E-state index contributed by atoms with van der Waals surface area (Å²) in [5.74, 6) is 1.37. The lowest BCUT2D eigenvalue weighted by molar-refractivity contribution is -0.117. The van der Waals surface area contributed by atoms with Crippen LogP contribution in [0, 0.1) is 0 Å². The molecule has 0 amide bonds. The van der Waals surface area contributed by atoms with Crippen molar-refractivity contribution < 1.29 is 14.2 Å². The predicted molar refractivity (Wildman–Crippen MR) is 63.9 cm³/mol. The number of benzene rings is 1. The zero-order valence-corrected chi connectivity index (χ0v) is 9.89. The molecule has 2 atom stereocenters. The first-order valence-corrected chi connectivity index (χ1v) is 6.06. The zero-order valence-electron chi connectivity index (χ0n) is 9.89. The molecule has 0 fully saturated rings. The first-order valence-electron chi connectivity index (χ1n) is 6.06. The van der Waals surface area contributed by atoms with E-state index >= 15 is 0 Å². The van der Waals surface area contributed by atoms with Gasteiger partial charge in [-0.1, -0.05) is 18.2 Å². The number of hydrogen-bond acceptors (Lipinski definition) is 3. The molecule has 90 valence electrons. The summed E-state index contributed by atoms with van der Waals surface area (Å²) in [6.45, 7) is 3.29. The van der Waals surface area contributed by atoms with Crippen LogP contribution in [0.3, 0.4) is 0 Å². The van der Waals surface area contributed by atoms with E-state index in [1.807, 2.05) is 25.3 Å². The molecule has 3 nitrogen and oxygen atoms in total. The van der Waals surface area contributed by atoms with Gasteiger partial charge in [-0.25, -0.2) is 0 Å². The lowest BCUT2D eigenvalue weighted by Gasteiger charge is -2.34. The summed E-state index contributed by atoms with van der Waals surface area (Å²) >= 11 is 0. The van der Waals surface area contributed by atoms with Crippen LogP contribution in [0.2, 0.25) is 0 Å². The van der Waals surface area contributed by atoms with Crippen LogP contribution in [-0.4, -0.2) is 19.5 Å². The Balaban J connectivity index is 1.90. The average molecular weight is 232 g/mol. The van der Waals surface area contributed by atoms with Gasteiger partial charge in [-0.3, -0.25) is 0 Å². The van der Waals surface area contributed by atoms with Gasteiger partial charge in [0, 0.05) is 30.1 Å². The van der Waals surface area contributed by atoms with Crippen molar-refractivity contribution in [2.75, 3.05) is 13.2 Å². The molecule has 0 bridgehead atoms. The van der Waals surface area contributed by atoms with Crippen LogP contribution in [-0.2, 0) is 9.47 Å². The molecule has 0 saturated heterocycles. The first-order chi connectivity index (χ1) is 8.38. The van der Waals surface area contributed by atoms with Crippen molar-refractivity contribution in [1.82, 2.24) is 0 Å². The highest BCUT2D eigenvalue weighted by Crippen LogP contribution is 2.41. The fourth-order valence-corrected chi connectivity index (χ4v) is 2.46. The Labute approximate surface area is 101 Å². The molecule has 2 heterocycles. The molecule has 1 aromatic carbocycles. The third-order valence-electron chi connectivity index (χ3n) is 3.29. The molecule has 0 spiro atoms. The van der Waals surface area contributed by atoms with Gasteiger partial charge in [0.25, 0.3) is 0 Å². The van der Waals surface area contributed by atoms with Crippen molar-refractivity contribution in [2.45, 2.75) is 25.6 Å². The lowest BCUT2D eigenvalue weighted by Crippen LogP contribution is -2.28. The Morgan fingerprint density at radius 1 is 1.35 bits per heavy atom. The van der Waals surface area contributed by atoms with Crippen molar-refractivity contribution >= 4 is 0 Å². The SMILES string of the molecule is CCOC1CC2C(=CO1)COc1ccccc12. The molecule has 0 N–H and O–H groups in total. The molecule has 2 aliphatic rings. The second-order valence-corrected chi connectivity index (χ2v) is 4.33. The lowest BCUT2D eigenvalue weighted by atomic mass is 9.85. The van der Waals surface area contributed by atoms with Crippen molar-refractivity contribution in [3.63, 3.8) is 0 Å². The van der Waals surface area contributed by atoms with Gasteiger partial charge in [0.15, 0.2) is 6.29 Å². The second kappa shape index (κ2) is 4.41. The van der Waals surface area contributed by atoms with Crippen molar-refractivity contribution in [2.24, 2.45) is 0 Å². The van der Waals surface area contributed by atoms with E-state index in [4.69, 9.17) is 14.2 Å². The van der Waals surface area contributed by atoms with Gasteiger partial charge in [-0.15, -0.1) is 0 Å². The van der Waals surface area contributed by atoms with Crippen LogP contribution in [0.15, 0.2) is 36.1 Å². The summed E-state index contributed by atoms with van der Waals surface area (Å²) in [7, 11) is 0. The second-order valence-electron chi connectivity index (χ2n) is 4.33. The maximum absolute atomic E-state index is 5.70. The Kier molecular flexibility index (Phi) is 2.77. The number of para-hydroxylation sites is 1. The Morgan fingerprint density at radius 3 is 3.12 bits per heavy atom. The van der Waals surface area contributed by atoms with E-state index in [0.717, 1.165) is 12.2 Å². The van der Waals surface area contributed by atoms with Crippen LogP contribution in [0.1, 0.15) is 24.8 Å². The minimum atomic E-state index is -0.125. The summed E-state index contributed by atoms with van der Waals surface area (Å²) in [5, 5.41) is 0. The molecular formula is C14H16O3. The molecule has 3 heteroatoms. The zero-order chi connectivity index (χ0) is 11.7. The number of ether oxygens (including phenoxy) is 3. The molecule has 1 aromatic rings. The fraction of sp³-hybridized carbons (Fsp3) is 0.429. The highest BCUT2D eigenvalue weighted by Gasteiger charge is 2.32. The van der Waals surface area contributed by atoms with E-state index < -0.39 is 0 Å². The summed E-state index contributed by atoms with van der Waals surface area (Å²) in [6.07, 6.45) is 2.56. The summed E-state index contributed by atoms with van der Waals surface area (Å²) in [4.78, 5) is 0. The van der Waals surface area contributed by atoms with Crippen LogP contribution >= 0.6 is 0 Å². The van der Waals surface area contributed by atoms with Crippen molar-refractivity contribution in [3.05, 3.63) is 41.7 Å². The van der Waals surface area contributed by atoms with E-state index in [2.05, 4.69) is 12.1 Å². The highest BCUT2D eigenvalue weighted by molar-refractivity contribution is 5.44. The molecule has 2 unspecified atom stereocenters. The quantitative estimate of drug-likeness (QED) is 0.784. The van der Waals surface area contributed by atoms with E-state index in [1.54, 1.807) is 0 Å². The molecule has 17 heavy (non-hydrogen) atoms. The van der Waals surface area contributed by atoms with E-state index in [0.29, 0.717) is 19.1 Å². The average Bonchev–Trinajstić information content (AvgIpc) is 2.39. The molecular weight excluding hydrogens is 216 g/mol. The van der Waals surface area contributed by atoms with E-state index in [1.165, 1.54) is 11.1 Å². The van der Waals surface area contributed by atoms with Crippen LogP contribution in [0.25, 0.3) is 0 Å². The van der Waals surface area contributed by atoms with Gasteiger partial charge in [0.1, 0.15) is 12.4 Å². The third-order valence-corrected chi connectivity index (χ3v) is 3.29. The van der Waals surface area contributed by atoms with Gasteiger partial charge in [-0.05, 0) is 13.0 Å². The predicted octanol–water partition coefficient (Wildman–Crippen LogP) is 2.83. The maximum atomic E-state index is 5.70. The number of rotatable bonds is 2. The maximum Gasteiger partial charge on any atom is 0.199 e. The molecule has 3 rings (SSSR count). The summed E-state index contributed by atoms with van der Waals surface area (Å²) < 4.78 is 16.8. The minimum Gasteiger partial charge on any atom is -0.489 e. The Morgan fingerprint density at radius 2 is 2.24 bits per heavy atom. The molecule has 0 radical (unpaired) electrons. The number of hydrogen-bond donors (Lipinski definition) is 0. The highest BCUT2D eigenvalue weighted by atomic mass is 16.7. The Hall–Kier alpha value is -1.48. The van der Waals surface area contributed by atoms with Gasteiger partial charge in [-0.2, -0.15) is 0 Å². The van der Waals surface area contributed by atoms with Crippen molar-refractivity contribution in [1.29, 1.82) is 0 Å². The monoisotopic (exact) mass is 232 g/mol. The summed E-state index contributed by atoms with van der Waals surface area (Å²) in [6, 6.07) is 8.21. The molecule has 0 aliphatic carbocycles. The normalized spacial score (nSPS) is 26.1. The van der Waals surface area contributed by atoms with Crippen molar-refractivity contribution in [3.8, 4) is 5.75 Å². The molecule has 0 saturated carbocycles. The van der Waals surface area contributed by atoms with Gasteiger partial charge in [0.05, 0.1) is 6.26 Å². The van der Waals surface area contributed by atoms with E-state index in [-0.39, 0.29) is 6.29 Å². The summed E-state index contributed by atoms with van der Waals surface area (Å²) in [5.41, 5.74) is 2.46.